The minimum absolute atomic E-state index is 0.452. The Bertz CT molecular complexity index is 452. The van der Waals surface area contributed by atoms with Gasteiger partial charge in [0.1, 0.15) is 0 Å². The lowest BCUT2D eigenvalue weighted by molar-refractivity contribution is -0.151. The average Bonchev–Trinajstić information content (AvgIpc) is 2.36. The van der Waals surface area contributed by atoms with E-state index in [1.54, 1.807) is 25.6 Å². The maximum absolute atomic E-state index is 11.3. The van der Waals surface area contributed by atoms with E-state index >= 15 is 0 Å². The van der Waals surface area contributed by atoms with E-state index in [0.717, 1.165) is 12.3 Å². The van der Waals surface area contributed by atoms with Gasteiger partial charge in [0.25, 0.3) is 0 Å². The first-order valence-corrected chi connectivity index (χ1v) is 7.83. The van der Waals surface area contributed by atoms with Gasteiger partial charge in [0.2, 0.25) is 0 Å². The minimum atomic E-state index is -0.804. The molecule has 2 N–H and O–H groups in total. The van der Waals surface area contributed by atoms with E-state index in [1.807, 2.05) is 13.8 Å². The fraction of sp³-hybridized carbons (Fsp3) is 0.562. The second-order valence-corrected chi connectivity index (χ2v) is 7.31. The molecule has 0 saturated heterocycles. The first-order valence-electron chi connectivity index (χ1n) is 6.85. The van der Waals surface area contributed by atoms with Crippen LogP contribution in [0.2, 0.25) is 0 Å². The van der Waals surface area contributed by atoms with Gasteiger partial charge in [-0.3, -0.25) is 4.79 Å². The fourth-order valence-corrected chi connectivity index (χ4v) is 2.42. The monoisotopic (exact) mass is 295 g/mol. The standard InChI is InChI=1S/C16H25NO2S/c1-12-6-8-13(9-7-12)20-11-10-17-16(4,5)15(2,3)14(18)19/h6-9,17H,10-11H2,1-5H3,(H,18,19). The van der Waals surface area contributed by atoms with Crippen LogP contribution in [0.4, 0.5) is 0 Å². The number of rotatable bonds is 7. The maximum atomic E-state index is 11.3. The lowest BCUT2D eigenvalue weighted by Crippen LogP contribution is -2.55. The summed E-state index contributed by atoms with van der Waals surface area (Å²) in [6.07, 6.45) is 0. The normalized spacial score (nSPS) is 12.4. The highest BCUT2D eigenvalue weighted by atomic mass is 32.2. The maximum Gasteiger partial charge on any atom is 0.310 e. The number of carboxylic acid groups (broad SMARTS) is 1. The topological polar surface area (TPSA) is 49.3 Å². The zero-order valence-corrected chi connectivity index (χ0v) is 13.8. The number of carbonyl (C=O) groups is 1. The molecule has 0 unspecified atom stereocenters. The molecular formula is C16H25NO2S. The second-order valence-electron chi connectivity index (χ2n) is 6.14. The van der Waals surface area contributed by atoms with Gasteiger partial charge in [-0.25, -0.2) is 0 Å². The molecule has 0 saturated carbocycles. The Hall–Kier alpha value is -1.00. The Balaban J connectivity index is 2.44. The number of benzene rings is 1. The first kappa shape index (κ1) is 17.1. The molecule has 20 heavy (non-hydrogen) atoms. The van der Waals surface area contributed by atoms with E-state index in [4.69, 9.17) is 0 Å². The third-order valence-electron chi connectivity index (χ3n) is 4.06. The van der Waals surface area contributed by atoms with Crippen LogP contribution in [-0.2, 0) is 4.79 Å². The SMILES string of the molecule is Cc1ccc(SCCNC(C)(C)C(C)(C)C(=O)O)cc1. The molecular weight excluding hydrogens is 270 g/mol. The molecule has 0 heterocycles. The zero-order valence-electron chi connectivity index (χ0n) is 13.0. The van der Waals surface area contributed by atoms with Crippen molar-refractivity contribution in [3.05, 3.63) is 29.8 Å². The summed E-state index contributed by atoms with van der Waals surface area (Å²) >= 11 is 1.78. The van der Waals surface area contributed by atoms with Crippen molar-refractivity contribution in [1.82, 2.24) is 5.32 Å². The van der Waals surface area contributed by atoms with E-state index in [-0.39, 0.29) is 0 Å². The molecule has 0 bridgehead atoms. The van der Waals surface area contributed by atoms with Crippen molar-refractivity contribution in [1.29, 1.82) is 0 Å². The zero-order chi connectivity index (χ0) is 15.4. The van der Waals surface area contributed by atoms with Crippen LogP contribution in [0.15, 0.2) is 29.2 Å². The lowest BCUT2D eigenvalue weighted by atomic mass is 9.74. The quantitative estimate of drug-likeness (QED) is 0.596. The smallest absolute Gasteiger partial charge is 0.310 e. The van der Waals surface area contributed by atoms with Gasteiger partial charge < -0.3 is 10.4 Å². The summed E-state index contributed by atoms with van der Waals surface area (Å²) in [7, 11) is 0. The summed E-state index contributed by atoms with van der Waals surface area (Å²) in [5.74, 6) is 0.142. The molecule has 0 aliphatic carbocycles. The molecule has 0 aromatic heterocycles. The molecule has 0 atom stereocenters. The molecule has 4 heteroatoms. The third kappa shape index (κ3) is 4.25. The van der Waals surface area contributed by atoms with Crippen molar-refractivity contribution >= 4 is 17.7 Å². The van der Waals surface area contributed by atoms with Gasteiger partial charge in [-0.1, -0.05) is 17.7 Å². The highest BCUT2D eigenvalue weighted by molar-refractivity contribution is 7.99. The molecule has 3 nitrogen and oxygen atoms in total. The Morgan fingerprint density at radius 2 is 1.75 bits per heavy atom. The van der Waals surface area contributed by atoms with Crippen LogP contribution in [-0.4, -0.2) is 28.9 Å². The van der Waals surface area contributed by atoms with Crippen molar-refractivity contribution in [3.63, 3.8) is 0 Å². The predicted molar refractivity (Wildman–Crippen MR) is 85.4 cm³/mol. The molecule has 0 radical (unpaired) electrons. The minimum Gasteiger partial charge on any atom is -0.481 e. The second kappa shape index (κ2) is 6.64. The van der Waals surface area contributed by atoms with Gasteiger partial charge >= 0.3 is 5.97 Å². The van der Waals surface area contributed by atoms with Crippen LogP contribution in [0, 0.1) is 12.3 Å². The highest BCUT2D eigenvalue weighted by Crippen LogP contribution is 2.30. The van der Waals surface area contributed by atoms with Gasteiger partial charge in [0.15, 0.2) is 0 Å². The number of aliphatic carboxylic acids is 1. The summed E-state index contributed by atoms with van der Waals surface area (Å²) in [6, 6.07) is 8.44. The number of hydrogen-bond acceptors (Lipinski definition) is 3. The summed E-state index contributed by atoms with van der Waals surface area (Å²) in [5, 5.41) is 12.7. The number of nitrogens with one attached hydrogen (secondary N) is 1. The van der Waals surface area contributed by atoms with Crippen molar-refractivity contribution in [2.45, 2.75) is 45.1 Å². The number of aryl methyl sites for hydroxylation is 1. The molecule has 112 valence electrons. The molecule has 0 fully saturated rings. The van der Waals surface area contributed by atoms with E-state index in [2.05, 4.69) is 36.5 Å². The van der Waals surface area contributed by atoms with E-state index < -0.39 is 16.9 Å². The molecule has 0 spiro atoms. The lowest BCUT2D eigenvalue weighted by Gasteiger charge is -2.39. The van der Waals surface area contributed by atoms with Crippen LogP contribution in [0.25, 0.3) is 0 Å². The Morgan fingerprint density at radius 1 is 1.20 bits per heavy atom. The molecule has 1 rings (SSSR count). The summed E-state index contributed by atoms with van der Waals surface area (Å²) < 4.78 is 0. The Morgan fingerprint density at radius 3 is 2.25 bits per heavy atom. The molecule has 1 aromatic carbocycles. The van der Waals surface area contributed by atoms with Gasteiger partial charge in [0.05, 0.1) is 5.41 Å². The average molecular weight is 295 g/mol. The van der Waals surface area contributed by atoms with Crippen molar-refractivity contribution in [2.24, 2.45) is 5.41 Å². The number of thioether (sulfide) groups is 1. The van der Waals surface area contributed by atoms with Crippen molar-refractivity contribution < 1.29 is 9.90 Å². The van der Waals surface area contributed by atoms with E-state index in [9.17, 15) is 9.90 Å². The van der Waals surface area contributed by atoms with Gasteiger partial charge in [-0.15, -0.1) is 11.8 Å². The van der Waals surface area contributed by atoms with Crippen LogP contribution in [0.3, 0.4) is 0 Å². The Labute approximate surface area is 126 Å². The van der Waals surface area contributed by atoms with E-state index in [1.165, 1.54) is 10.5 Å². The fourth-order valence-electron chi connectivity index (χ4n) is 1.66. The van der Waals surface area contributed by atoms with Gasteiger partial charge in [0, 0.05) is 22.7 Å². The first-order chi connectivity index (χ1) is 9.17. The molecule has 0 aliphatic heterocycles. The van der Waals surface area contributed by atoms with Crippen LogP contribution in [0.5, 0.6) is 0 Å². The third-order valence-corrected chi connectivity index (χ3v) is 5.07. The van der Waals surface area contributed by atoms with Crippen LogP contribution >= 0.6 is 11.8 Å². The van der Waals surface area contributed by atoms with Crippen molar-refractivity contribution in [3.8, 4) is 0 Å². The predicted octanol–water partition coefficient (Wildman–Crippen LogP) is 3.57. The summed E-state index contributed by atoms with van der Waals surface area (Å²) in [4.78, 5) is 12.6. The summed E-state index contributed by atoms with van der Waals surface area (Å²) in [5.41, 5.74) is 0.00518. The van der Waals surface area contributed by atoms with Gasteiger partial charge in [-0.05, 0) is 46.8 Å². The largest absolute Gasteiger partial charge is 0.481 e. The van der Waals surface area contributed by atoms with Gasteiger partial charge in [-0.2, -0.15) is 0 Å². The Kier molecular flexibility index (Phi) is 5.66. The summed E-state index contributed by atoms with van der Waals surface area (Å²) in [6.45, 7) is 10.3. The van der Waals surface area contributed by atoms with E-state index in [0.29, 0.717) is 0 Å². The number of hydrogen-bond donors (Lipinski definition) is 2. The highest BCUT2D eigenvalue weighted by Gasteiger charge is 2.42. The molecule has 0 aliphatic rings. The van der Waals surface area contributed by atoms with Crippen LogP contribution in [0.1, 0.15) is 33.3 Å². The molecule has 1 aromatic rings. The van der Waals surface area contributed by atoms with Crippen molar-refractivity contribution in [2.75, 3.05) is 12.3 Å². The van der Waals surface area contributed by atoms with Crippen LogP contribution < -0.4 is 5.32 Å². The number of carboxylic acids is 1. The molecule has 0 amide bonds.